The molecule has 0 fully saturated rings. The number of fused-ring (bicyclic) bond motifs is 1. The van der Waals surface area contributed by atoms with Gasteiger partial charge in [-0.3, -0.25) is 9.36 Å². The van der Waals surface area contributed by atoms with Crippen LogP contribution in [0.1, 0.15) is 18.7 Å². The number of benzene rings is 1. The molecule has 1 aromatic carbocycles. The summed E-state index contributed by atoms with van der Waals surface area (Å²) in [6.07, 6.45) is 1.55. The summed E-state index contributed by atoms with van der Waals surface area (Å²) in [5, 5.41) is 3.70. The first-order chi connectivity index (χ1) is 7.65. The van der Waals surface area contributed by atoms with Crippen LogP contribution in [0.15, 0.2) is 29.3 Å². The van der Waals surface area contributed by atoms with Crippen molar-refractivity contribution in [3.63, 3.8) is 0 Å². The van der Waals surface area contributed by atoms with Crippen LogP contribution >= 0.6 is 0 Å². The van der Waals surface area contributed by atoms with E-state index in [9.17, 15) is 4.79 Å². The van der Waals surface area contributed by atoms with Crippen molar-refractivity contribution in [2.24, 2.45) is 0 Å². The summed E-state index contributed by atoms with van der Waals surface area (Å²) >= 11 is 0. The molecule has 1 N–H and O–H groups in total. The summed E-state index contributed by atoms with van der Waals surface area (Å²) in [4.78, 5) is 16.5. The van der Waals surface area contributed by atoms with Crippen LogP contribution in [-0.2, 0) is 0 Å². The maximum atomic E-state index is 12.2. The van der Waals surface area contributed by atoms with E-state index < -0.39 is 0 Å². The zero-order valence-electron chi connectivity index (χ0n) is 9.69. The first-order valence-corrected chi connectivity index (χ1v) is 5.29. The predicted octanol–water partition coefficient (Wildman–Crippen LogP) is 1.44. The number of rotatable bonds is 2. The van der Waals surface area contributed by atoms with Gasteiger partial charge in [0.2, 0.25) is 0 Å². The second kappa shape index (κ2) is 4.06. The van der Waals surface area contributed by atoms with E-state index in [1.807, 2.05) is 39.1 Å². The average molecular weight is 217 g/mol. The van der Waals surface area contributed by atoms with E-state index in [0.29, 0.717) is 5.39 Å². The molecule has 1 heterocycles. The van der Waals surface area contributed by atoms with Gasteiger partial charge in [0.25, 0.3) is 5.56 Å². The molecule has 0 saturated carbocycles. The fourth-order valence-corrected chi connectivity index (χ4v) is 1.73. The highest BCUT2D eigenvalue weighted by molar-refractivity contribution is 5.80. The van der Waals surface area contributed by atoms with Crippen molar-refractivity contribution in [3.05, 3.63) is 40.4 Å². The van der Waals surface area contributed by atoms with E-state index in [0.717, 1.165) is 11.1 Å². The molecule has 0 spiro atoms. The number of aromatic nitrogens is 2. The van der Waals surface area contributed by atoms with Crippen molar-refractivity contribution in [1.82, 2.24) is 14.9 Å². The number of hydrogen-bond donors (Lipinski definition) is 1. The van der Waals surface area contributed by atoms with Crippen molar-refractivity contribution in [2.45, 2.75) is 20.0 Å². The summed E-state index contributed by atoms with van der Waals surface area (Å²) < 4.78 is 1.60. The zero-order valence-corrected chi connectivity index (χ0v) is 9.69. The van der Waals surface area contributed by atoms with Gasteiger partial charge in [0.05, 0.1) is 23.4 Å². The van der Waals surface area contributed by atoms with Gasteiger partial charge in [-0.05, 0) is 32.5 Å². The Morgan fingerprint density at radius 1 is 1.44 bits per heavy atom. The highest BCUT2D eigenvalue weighted by atomic mass is 16.1. The van der Waals surface area contributed by atoms with Crippen LogP contribution in [0.3, 0.4) is 0 Å². The van der Waals surface area contributed by atoms with Crippen LogP contribution in [0.4, 0.5) is 0 Å². The van der Waals surface area contributed by atoms with Crippen molar-refractivity contribution >= 4 is 10.9 Å². The molecule has 0 radical (unpaired) electrons. The van der Waals surface area contributed by atoms with Crippen molar-refractivity contribution in [3.8, 4) is 0 Å². The third kappa shape index (κ3) is 1.61. The van der Waals surface area contributed by atoms with Crippen LogP contribution in [0.25, 0.3) is 10.9 Å². The fourth-order valence-electron chi connectivity index (χ4n) is 1.73. The number of hydrogen-bond acceptors (Lipinski definition) is 3. The van der Waals surface area contributed by atoms with E-state index in [4.69, 9.17) is 0 Å². The third-order valence-electron chi connectivity index (χ3n) is 2.85. The lowest BCUT2D eigenvalue weighted by Crippen LogP contribution is -2.30. The summed E-state index contributed by atoms with van der Waals surface area (Å²) in [6, 6.07) is 5.66. The summed E-state index contributed by atoms with van der Waals surface area (Å²) in [5.74, 6) is 0. The Labute approximate surface area is 93.9 Å². The van der Waals surface area contributed by atoms with Gasteiger partial charge in [-0.2, -0.15) is 0 Å². The van der Waals surface area contributed by atoms with E-state index in [-0.39, 0.29) is 11.7 Å². The Morgan fingerprint density at radius 3 is 2.88 bits per heavy atom. The van der Waals surface area contributed by atoms with Gasteiger partial charge in [-0.1, -0.05) is 12.1 Å². The molecule has 1 aromatic heterocycles. The standard InChI is InChI=1S/C12H15N3O/c1-8-5-4-6-10-11(8)14-7-15(12(10)16)9(2)13-3/h4-7,9,13H,1-3H3. The second-order valence-corrected chi connectivity index (χ2v) is 3.89. The summed E-state index contributed by atoms with van der Waals surface area (Å²) in [7, 11) is 1.82. The molecular weight excluding hydrogens is 202 g/mol. The molecule has 1 atom stereocenters. The molecule has 0 aliphatic heterocycles. The largest absolute Gasteiger partial charge is 0.300 e. The number of aryl methyl sites for hydroxylation is 1. The summed E-state index contributed by atoms with van der Waals surface area (Å²) in [5.41, 5.74) is 1.81. The van der Waals surface area contributed by atoms with Gasteiger partial charge in [0.15, 0.2) is 0 Å². The van der Waals surface area contributed by atoms with Crippen LogP contribution in [-0.4, -0.2) is 16.6 Å². The maximum Gasteiger partial charge on any atom is 0.262 e. The summed E-state index contributed by atoms with van der Waals surface area (Å²) in [6.45, 7) is 3.88. The molecule has 16 heavy (non-hydrogen) atoms. The monoisotopic (exact) mass is 217 g/mol. The molecule has 84 valence electrons. The quantitative estimate of drug-likeness (QED) is 0.828. The minimum absolute atomic E-state index is 0.00412. The van der Waals surface area contributed by atoms with Crippen molar-refractivity contribution in [2.75, 3.05) is 7.05 Å². The molecule has 4 nitrogen and oxygen atoms in total. The molecule has 1 unspecified atom stereocenters. The third-order valence-corrected chi connectivity index (χ3v) is 2.85. The zero-order chi connectivity index (χ0) is 11.7. The Kier molecular flexibility index (Phi) is 2.75. The second-order valence-electron chi connectivity index (χ2n) is 3.89. The normalized spacial score (nSPS) is 12.9. The molecule has 4 heteroatoms. The highest BCUT2D eigenvalue weighted by Crippen LogP contribution is 2.11. The maximum absolute atomic E-state index is 12.2. The number of para-hydroxylation sites is 1. The lowest BCUT2D eigenvalue weighted by Gasteiger charge is -2.14. The molecule has 0 bridgehead atoms. The van der Waals surface area contributed by atoms with Crippen LogP contribution < -0.4 is 10.9 Å². The minimum Gasteiger partial charge on any atom is -0.300 e. The Bertz CT molecular complexity index is 574. The molecule has 2 aromatic rings. The molecule has 2 rings (SSSR count). The number of nitrogens with one attached hydrogen (secondary N) is 1. The molecule has 0 amide bonds. The lowest BCUT2D eigenvalue weighted by atomic mass is 10.1. The van der Waals surface area contributed by atoms with Gasteiger partial charge in [0.1, 0.15) is 0 Å². The van der Waals surface area contributed by atoms with E-state index >= 15 is 0 Å². The fraction of sp³-hybridized carbons (Fsp3) is 0.333. The first-order valence-electron chi connectivity index (χ1n) is 5.29. The molecule has 0 aliphatic carbocycles. The Balaban J connectivity index is 2.76. The topological polar surface area (TPSA) is 46.9 Å². The van der Waals surface area contributed by atoms with Crippen LogP contribution in [0.2, 0.25) is 0 Å². The van der Waals surface area contributed by atoms with Crippen LogP contribution in [0, 0.1) is 6.92 Å². The Hall–Kier alpha value is -1.68. The number of nitrogens with zero attached hydrogens (tertiary/aromatic N) is 2. The van der Waals surface area contributed by atoms with Crippen molar-refractivity contribution < 1.29 is 0 Å². The Morgan fingerprint density at radius 2 is 2.19 bits per heavy atom. The van der Waals surface area contributed by atoms with E-state index in [2.05, 4.69) is 10.3 Å². The minimum atomic E-state index is -0.0510. The molecule has 0 aliphatic rings. The van der Waals surface area contributed by atoms with Gasteiger partial charge >= 0.3 is 0 Å². The first kappa shape index (κ1) is 10.8. The van der Waals surface area contributed by atoms with Gasteiger partial charge in [-0.25, -0.2) is 4.98 Å². The smallest absolute Gasteiger partial charge is 0.262 e. The molecule has 0 saturated heterocycles. The van der Waals surface area contributed by atoms with Crippen molar-refractivity contribution in [1.29, 1.82) is 0 Å². The van der Waals surface area contributed by atoms with Gasteiger partial charge < -0.3 is 5.32 Å². The average Bonchev–Trinajstić information content (AvgIpc) is 2.30. The van der Waals surface area contributed by atoms with Crippen LogP contribution in [0.5, 0.6) is 0 Å². The van der Waals surface area contributed by atoms with E-state index in [1.165, 1.54) is 0 Å². The van der Waals surface area contributed by atoms with E-state index in [1.54, 1.807) is 10.9 Å². The van der Waals surface area contributed by atoms with Gasteiger partial charge in [-0.15, -0.1) is 0 Å². The predicted molar refractivity (Wildman–Crippen MR) is 64.5 cm³/mol. The highest BCUT2D eigenvalue weighted by Gasteiger charge is 2.08. The lowest BCUT2D eigenvalue weighted by molar-refractivity contribution is 0.460. The molecular formula is C12H15N3O. The van der Waals surface area contributed by atoms with Gasteiger partial charge in [0, 0.05) is 0 Å². The SMILES string of the molecule is CNC(C)n1cnc2c(C)cccc2c1=O.